The van der Waals surface area contributed by atoms with Crippen LogP contribution in [0, 0.1) is 29.6 Å². The standard InChI is InChI=1S/C18H28O3/c1-11-5-13(3-4-19)8-14(6-11)17-15-7-12(2)16(9-20)18(17)21-10-15/h6,8,12,14-20H,3-5,7,9-10H2,1-2H3. The molecule has 118 valence electrons. The highest BCUT2D eigenvalue weighted by atomic mass is 16.5. The van der Waals surface area contributed by atoms with Crippen molar-refractivity contribution in [2.24, 2.45) is 29.6 Å². The van der Waals surface area contributed by atoms with Crippen LogP contribution in [0.5, 0.6) is 0 Å². The van der Waals surface area contributed by atoms with E-state index >= 15 is 0 Å². The van der Waals surface area contributed by atoms with E-state index in [1.165, 1.54) is 17.6 Å². The number of allylic oxidation sites excluding steroid dienone is 3. The Hall–Kier alpha value is -0.640. The maximum atomic E-state index is 9.74. The Morgan fingerprint density at radius 2 is 2.10 bits per heavy atom. The van der Waals surface area contributed by atoms with Crippen molar-refractivity contribution in [1.82, 2.24) is 0 Å². The number of hydrogen-bond donors (Lipinski definition) is 2. The van der Waals surface area contributed by atoms with Gasteiger partial charge in [0.25, 0.3) is 0 Å². The van der Waals surface area contributed by atoms with E-state index < -0.39 is 0 Å². The molecule has 0 radical (unpaired) electrons. The third-order valence-electron chi connectivity index (χ3n) is 5.75. The summed E-state index contributed by atoms with van der Waals surface area (Å²) in [5.74, 6) is 2.37. The second-order valence-corrected chi connectivity index (χ2v) is 7.26. The van der Waals surface area contributed by atoms with Crippen LogP contribution in [0.25, 0.3) is 0 Å². The molecular formula is C18H28O3. The van der Waals surface area contributed by atoms with Gasteiger partial charge >= 0.3 is 0 Å². The maximum absolute atomic E-state index is 9.74. The van der Waals surface area contributed by atoms with E-state index in [0.29, 0.717) is 23.7 Å². The van der Waals surface area contributed by atoms with Crippen molar-refractivity contribution < 1.29 is 14.9 Å². The van der Waals surface area contributed by atoms with E-state index in [2.05, 4.69) is 26.0 Å². The average Bonchev–Trinajstić information content (AvgIpc) is 2.75. The quantitative estimate of drug-likeness (QED) is 0.783. The largest absolute Gasteiger partial charge is 0.396 e. The van der Waals surface area contributed by atoms with E-state index in [4.69, 9.17) is 4.74 Å². The van der Waals surface area contributed by atoms with Crippen molar-refractivity contribution in [2.45, 2.75) is 39.2 Å². The Balaban J connectivity index is 1.84. The lowest BCUT2D eigenvalue weighted by atomic mass is 9.64. The smallest absolute Gasteiger partial charge is 0.0668 e. The van der Waals surface area contributed by atoms with Gasteiger partial charge in [0.05, 0.1) is 12.7 Å². The molecular weight excluding hydrogens is 264 g/mol. The van der Waals surface area contributed by atoms with Crippen LogP contribution in [0.4, 0.5) is 0 Å². The van der Waals surface area contributed by atoms with Gasteiger partial charge in [0, 0.05) is 31.0 Å². The number of aliphatic hydroxyl groups excluding tert-OH is 2. The molecule has 3 rings (SSSR count). The summed E-state index contributed by atoms with van der Waals surface area (Å²) < 4.78 is 6.08. The lowest BCUT2D eigenvalue weighted by Gasteiger charge is -2.41. The molecule has 6 atom stereocenters. The second kappa shape index (κ2) is 6.23. The SMILES string of the molecule is CC1=CC(C2C3COC2C(CO)C(C)C3)C=C(CCO)C1. The molecule has 3 nitrogen and oxygen atoms in total. The van der Waals surface area contributed by atoms with Crippen LogP contribution in [0.15, 0.2) is 23.3 Å². The monoisotopic (exact) mass is 292 g/mol. The highest BCUT2D eigenvalue weighted by Crippen LogP contribution is 2.49. The molecule has 6 unspecified atom stereocenters. The maximum Gasteiger partial charge on any atom is 0.0668 e. The fraction of sp³-hybridized carbons (Fsp3) is 0.778. The molecule has 2 aliphatic carbocycles. The van der Waals surface area contributed by atoms with Gasteiger partial charge in [0.1, 0.15) is 0 Å². The van der Waals surface area contributed by atoms with E-state index in [9.17, 15) is 10.2 Å². The summed E-state index contributed by atoms with van der Waals surface area (Å²) in [5, 5.41) is 19.0. The average molecular weight is 292 g/mol. The highest BCUT2D eigenvalue weighted by molar-refractivity contribution is 5.26. The van der Waals surface area contributed by atoms with Gasteiger partial charge < -0.3 is 14.9 Å². The van der Waals surface area contributed by atoms with Gasteiger partial charge in [-0.2, -0.15) is 0 Å². The zero-order valence-electron chi connectivity index (χ0n) is 13.2. The minimum absolute atomic E-state index is 0.197. The van der Waals surface area contributed by atoms with Crippen LogP contribution in [0.3, 0.4) is 0 Å². The molecule has 21 heavy (non-hydrogen) atoms. The fourth-order valence-electron chi connectivity index (χ4n) is 4.82. The van der Waals surface area contributed by atoms with Gasteiger partial charge in [-0.25, -0.2) is 0 Å². The van der Waals surface area contributed by atoms with Gasteiger partial charge in [0.2, 0.25) is 0 Å². The highest BCUT2D eigenvalue weighted by Gasteiger charge is 2.50. The topological polar surface area (TPSA) is 49.7 Å². The Morgan fingerprint density at radius 1 is 1.29 bits per heavy atom. The summed E-state index contributed by atoms with van der Waals surface area (Å²) >= 11 is 0. The lowest BCUT2D eigenvalue weighted by Crippen LogP contribution is -2.43. The lowest BCUT2D eigenvalue weighted by molar-refractivity contribution is -0.0184. The first kappa shape index (κ1) is 15.3. The minimum Gasteiger partial charge on any atom is -0.396 e. The zero-order chi connectivity index (χ0) is 15.0. The summed E-state index contributed by atoms with van der Waals surface area (Å²) in [6.45, 7) is 5.76. The molecule has 1 saturated carbocycles. The molecule has 2 bridgehead atoms. The molecule has 0 aromatic rings. The first-order valence-corrected chi connectivity index (χ1v) is 8.34. The van der Waals surface area contributed by atoms with Crippen molar-refractivity contribution in [3.05, 3.63) is 23.3 Å². The molecule has 1 heterocycles. The number of rotatable bonds is 4. The summed E-state index contributed by atoms with van der Waals surface area (Å²) in [6.07, 6.45) is 7.91. The van der Waals surface area contributed by atoms with E-state index in [1.807, 2.05) is 0 Å². The summed E-state index contributed by atoms with van der Waals surface area (Å²) in [7, 11) is 0. The Bertz CT molecular complexity index is 440. The van der Waals surface area contributed by atoms with Crippen LogP contribution in [0.1, 0.15) is 33.1 Å². The predicted octanol–water partition coefficient (Wildman–Crippen LogP) is 2.54. The molecule has 0 aromatic carbocycles. The Morgan fingerprint density at radius 3 is 2.81 bits per heavy atom. The van der Waals surface area contributed by atoms with Crippen molar-refractivity contribution in [3.8, 4) is 0 Å². The van der Waals surface area contributed by atoms with Gasteiger partial charge in [-0.15, -0.1) is 0 Å². The number of fused-ring (bicyclic) bond motifs is 2. The molecule has 0 amide bonds. The third kappa shape index (κ3) is 2.84. The summed E-state index contributed by atoms with van der Waals surface area (Å²) in [6, 6.07) is 0. The molecule has 2 fully saturated rings. The number of ether oxygens (including phenoxy) is 1. The normalized spacial score (nSPS) is 42.7. The minimum atomic E-state index is 0.197. The van der Waals surface area contributed by atoms with Crippen LogP contribution < -0.4 is 0 Å². The van der Waals surface area contributed by atoms with Gasteiger partial charge in [-0.1, -0.05) is 30.2 Å². The second-order valence-electron chi connectivity index (χ2n) is 7.26. The molecule has 3 aliphatic rings. The fourth-order valence-corrected chi connectivity index (χ4v) is 4.82. The first-order chi connectivity index (χ1) is 10.1. The molecule has 3 heteroatoms. The van der Waals surface area contributed by atoms with Gasteiger partial charge in [-0.3, -0.25) is 0 Å². The summed E-state index contributed by atoms with van der Waals surface area (Å²) in [4.78, 5) is 0. The molecule has 0 spiro atoms. The third-order valence-corrected chi connectivity index (χ3v) is 5.75. The van der Waals surface area contributed by atoms with E-state index in [1.54, 1.807) is 0 Å². The van der Waals surface area contributed by atoms with Gasteiger partial charge in [-0.05, 0) is 38.0 Å². The van der Waals surface area contributed by atoms with Crippen molar-refractivity contribution in [2.75, 3.05) is 19.8 Å². The Kier molecular flexibility index (Phi) is 4.53. The number of aliphatic hydroxyl groups is 2. The van der Waals surface area contributed by atoms with Crippen molar-refractivity contribution in [3.63, 3.8) is 0 Å². The molecule has 1 saturated heterocycles. The zero-order valence-corrected chi connectivity index (χ0v) is 13.2. The van der Waals surface area contributed by atoms with Crippen LogP contribution in [-0.4, -0.2) is 36.1 Å². The van der Waals surface area contributed by atoms with Crippen LogP contribution in [0.2, 0.25) is 0 Å². The van der Waals surface area contributed by atoms with Crippen LogP contribution in [-0.2, 0) is 4.74 Å². The van der Waals surface area contributed by atoms with Crippen LogP contribution >= 0.6 is 0 Å². The Labute approximate surface area is 127 Å². The number of hydrogen-bond acceptors (Lipinski definition) is 3. The van der Waals surface area contributed by atoms with Crippen molar-refractivity contribution in [1.29, 1.82) is 0 Å². The summed E-state index contributed by atoms with van der Waals surface area (Å²) in [5.41, 5.74) is 2.77. The van der Waals surface area contributed by atoms with Gasteiger partial charge in [0.15, 0.2) is 0 Å². The van der Waals surface area contributed by atoms with E-state index in [0.717, 1.165) is 19.4 Å². The molecule has 1 aliphatic heterocycles. The predicted molar refractivity (Wildman–Crippen MR) is 82.7 cm³/mol. The molecule has 2 N–H and O–H groups in total. The van der Waals surface area contributed by atoms with Crippen molar-refractivity contribution >= 4 is 0 Å². The van der Waals surface area contributed by atoms with E-state index in [-0.39, 0.29) is 25.2 Å². The molecule has 0 aromatic heterocycles. The first-order valence-electron chi connectivity index (χ1n) is 8.34.